The number of nitrogens with zero attached hydrogens (tertiary/aromatic N) is 1. The Morgan fingerprint density at radius 3 is 2.31 bits per heavy atom. The largest absolute Gasteiger partial charge is 0.336 e. The molecule has 0 aromatic heterocycles. The highest BCUT2D eigenvalue weighted by atomic mass is 16.2. The molecular formula is C13H26N2O. The third kappa shape index (κ3) is 2.04. The Kier molecular flexibility index (Phi) is 2.89. The summed E-state index contributed by atoms with van der Waals surface area (Å²) in [5.74, 6) is 1.71. The Balaban J connectivity index is 0.00000144. The first-order valence-electron chi connectivity index (χ1n) is 6.47. The van der Waals surface area contributed by atoms with Gasteiger partial charge in [0, 0.05) is 26.0 Å². The summed E-state index contributed by atoms with van der Waals surface area (Å²) in [4.78, 5) is 13.6. The van der Waals surface area contributed by atoms with Gasteiger partial charge in [-0.2, -0.15) is 0 Å². The zero-order valence-corrected chi connectivity index (χ0v) is 10.9. The molecule has 0 aromatic carbocycles. The van der Waals surface area contributed by atoms with Gasteiger partial charge in [-0.15, -0.1) is 0 Å². The molecule has 1 spiro atoms. The van der Waals surface area contributed by atoms with Gasteiger partial charge in [0.25, 0.3) is 0 Å². The van der Waals surface area contributed by atoms with Gasteiger partial charge >= 0.3 is 6.03 Å². The van der Waals surface area contributed by atoms with Crippen molar-refractivity contribution in [1.29, 1.82) is 0 Å². The maximum absolute atomic E-state index is 11.7. The molecule has 16 heavy (non-hydrogen) atoms. The average Bonchev–Trinajstić information content (AvgIpc) is 1.95. The van der Waals surface area contributed by atoms with Gasteiger partial charge < -0.3 is 10.2 Å². The molecule has 3 nitrogen and oxygen atoms in total. The van der Waals surface area contributed by atoms with Crippen LogP contribution in [-0.4, -0.2) is 30.1 Å². The van der Waals surface area contributed by atoms with E-state index in [9.17, 15) is 4.79 Å². The van der Waals surface area contributed by atoms with Crippen molar-refractivity contribution in [2.75, 3.05) is 13.1 Å². The smallest absolute Gasteiger partial charge is 0.317 e. The summed E-state index contributed by atoms with van der Waals surface area (Å²) in [6.45, 7) is 10.6. The number of carbonyl (C=O) groups excluding carboxylic acids is 1. The molecule has 1 saturated heterocycles. The highest BCUT2D eigenvalue weighted by Gasteiger charge is 2.53. The molecular weight excluding hydrogens is 200 g/mol. The van der Waals surface area contributed by atoms with Gasteiger partial charge in [0.2, 0.25) is 0 Å². The quantitative estimate of drug-likeness (QED) is 0.771. The Hall–Kier alpha value is -0.730. The minimum atomic E-state index is 0. The molecule has 0 bridgehead atoms. The van der Waals surface area contributed by atoms with Crippen molar-refractivity contribution in [2.24, 2.45) is 17.3 Å². The number of hydrogen-bond acceptors (Lipinski definition) is 1. The highest BCUT2D eigenvalue weighted by Crippen LogP contribution is 2.54. The van der Waals surface area contributed by atoms with E-state index >= 15 is 0 Å². The second-order valence-corrected chi connectivity index (χ2v) is 6.37. The summed E-state index contributed by atoms with van der Waals surface area (Å²) in [6.07, 6.45) is 2.66. The van der Waals surface area contributed by atoms with Crippen LogP contribution in [0.1, 0.15) is 42.0 Å². The lowest BCUT2D eigenvalue weighted by molar-refractivity contribution is -0.0841. The van der Waals surface area contributed by atoms with Crippen LogP contribution in [0.4, 0.5) is 4.79 Å². The molecule has 94 valence electrons. The predicted octanol–water partition coefficient (Wildman–Crippen LogP) is 2.72. The molecule has 2 aliphatic rings. The molecule has 2 rings (SSSR count). The Labute approximate surface area is 100 Å². The molecule has 1 heterocycles. The lowest BCUT2D eigenvalue weighted by atomic mass is 9.55. The van der Waals surface area contributed by atoms with Gasteiger partial charge in [0.15, 0.2) is 0 Å². The molecule has 0 radical (unpaired) electrons. The number of urea groups is 1. The summed E-state index contributed by atoms with van der Waals surface area (Å²) in [5.41, 5.74) is 0.503. The average molecular weight is 226 g/mol. The molecule has 2 amide bonds. The van der Waals surface area contributed by atoms with Gasteiger partial charge in [0.05, 0.1) is 0 Å². The van der Waals surface area contributed by atoms with Crippen LogP contribution in [0.3, 0.4) is 0 Å². The van der Waals surface area contributed by atoms with Gasteiger partial charge in [-0.1, -0.05) is 13.8 Å². The summed E-state index contributed by atoms with van der Waals surface area (Å²) in [7, 11) is 0. The van der Waals surface area contributed by atoms with Gasteiger partial charge in [-0.05, 0) is 38.5 Å². The fourth-order valence-electron chi connectivity index (χ4n) is 3.03. The summed E-state index contributed by atoms with van der Waals surface area (Å²) in [6, 6.07) is 0.363. The molecule has 0 aromatic rings. The van der Waals surface area contributed by atoms with E-state index in [1.807, 2.05) is 18.7 Å². The third-order valence-electron chi connectivity index (χ3n) is 4.09. The molecule has 0 atom stereocenters. The van der Waals surface area contributed by atoms with Crippen molar-refractivity contribution in [2.45, 2.75) is 46.6 Å². The van der Waals surface area contributed by atoms with E-state index in [2.05, 4.69) is 19.2 Å². The third-order valence-corrected chi connectivity index (χ3v) is 4.09. The van der Waals surface area contributed by atoms with E-state index in [1.54, 1.807) is 0 Å². The second kappa shape index (κ2) is 3.94. The normalized spacial score (nSPS) is 23.5. The number of rotatable bonds is 2. The number of likely N-dealkylation sites (tertiary alicyclic amines) is 1. The lowest BCUT2D eigenvalue weighted by Crippen LogP contribution is -2.66. The first-order chi connectivity index (χ1) is 7.42. The molecule has 1 N–H and O–H groups in total. The van der Waals surface area contributed by atoms with E-state index in [1.165, 1.54) is 12.8 Å². The van der Waals surface area contributed by atoms with Crippen LogP contribution in [0.15, 0.2) is 0 Å². The van der Waals surface area contributed by atoms with Crippen LogP contribution >= 0.6 is 0 Å². The van der Waals surface area contributed by atoms with Crippen molar-refractivity contribution in [3.05, 3.63) is 0 Å². The molecule has 3 heteroatoms. The number of carbonyl (C=O) groups is 1. The SMILES string of the molecule is CC(C)NC(=O)N1CC2(CC(C(C)C)C2)C1.[HH]. The molecule has 1 saturated carbocycles. The van der Waals surface area contributed by atoms with Crippen LogP contribution in [0.2, 0.25) is 0 Å². The van der Waals surface area contributed by atoms with Crippen LogP contribution < -0.4 is 5.32 Å². The molecule has 0 unspecified atom stereocenters. The number of amides is 2. The zero-order chi connectivity index (χ0) is 11.9. The maximum Gasteiger partial charge on any atom is 0.317 e. The van der Waals surface area contributed by atoms with Crippen LogP contribution in [0.25, 0.3) is 0 Å². The van der Waals surface area contributed by atoms with E-state index in [0.717, 1.165) is 24.9 Å². The minimum Gasteiger partial charge on any atom is -0.336 e. The van der Waals surface area contributed by atoms with Crippen LogP contribution in [-0.2, 0) is 0 Å². The molecule has 2 fully saturated rings. The Morgan fingerprint density at radius 1 is 1.31 bits per heavy atom. The highest BCUT2D eigenvalue weighted by molar-refractivity contribution is 5.75. The van der Waals surface area contributed by atoms with Crippen molar-refractivity contribution in [1.82, 2.24) is 10.2 Å². The van der Waals surface area contributed by atoms with E-state index < -0.39 is 0 Å². The molecule has 1 aliphatic heterocycles. The molecule has 1 aliphatic carbocycles. The van der Waals surface area contributed by atoms with Crippen molar-refractivity contribution >= 4 is 6.03 Å². The first-order valence-corrected chi connectivity index (χ1v) is 6.47. The lowest BCUT2D eigenvalue weighted by Gasteiger charge is -2.60. The van der Waals surface area contributed by atoms with Gasteiger partial charge in [0.1, 0.15) is 0 Å². The van der Waals surface area contributed by atoms with Crippen LogP contribution in [0, 0.1) is 17.3 Å². The monoisotopic (exact) mass is 226 g/mol. The Morgan fingerprint density at radius 2 is 1.88 bits per heavy atom. The van der Waals surface area contributed by atoms with Gasteiger partial charge in [-0.3, -0.25) is 0 Å². The first kappa shape index (κ1) is 11.7. The zero-order valence-electron chi connectivity index (χ0n) is 10.9. The maximum atomic E-state index is 11.7. The summed E-state index contributed by atoms with van der Waals surface area (Å²) < 4.78 is 0. The standard InChI is InChI=1S/C13H24N2O.H2/c1-9(2)11-5-13(6-11)7-15(8-13)12(16)14-10(3)4;/h9-11H,5-8H2,1-4H3,(H,14,16);1H. The van der Waals surface area contributed by atoms with E-state index in [-0.39, 0.29) is 13.5 Å². The number of hydrogen-bond donors (Lipinski definition) is 1. The number of nitrogens with one attached hydrogen (secondary N) is 1. The summed E-state index contributed by atoms with van der Waals surface area (Å²) >= 11 is 0. The van der Waals surface area contributed by atoms with Gasteiger partial charge in [-0.25, -0.2) is 4.79 Å². The van der Waals surface area contributed by atoms with Crippen molar-refractivity contribution < 1.29 is 6.22 Å². The summed E-state index contributed by atoms with van der Waals surface area (Å²) in [5, 5.41) is 2.95. The van der Waals surface area contributed by atoms with E-state index in [4.69, 9.17) is 0 Å². The van der Waals surface area contributed by atoms with Crippen molar-refractivity contribution in [3.63, 3.8) is 0 Å². The van der Waals surface area contributed by atoms with Crippen LogP contribution in [0.5, 0.6) is 0 Å². The topological polar surface area (TPSA) is 32.3 Å². The minimum absolute atomic E-state index is 0. The predicted molar refractivity (Wildman–Crippen MR) is 67.3 cm³/mol. The fraction of sp³-hybridized carbons (Fsp3) is 0.923. The second-order valence-electron chi connectivity index (χ2n) is 6.37. The van der Waals surface area contributed by atoms with E-state index in [0.29, 0.717) is 5.41 Å². The Bertz CT molecular complexity index is 277. The van der Waals surface area contributed by atoms with Crippen molar-refractivity contribution in [3.8, 4) is 0 Å². The fourth-order valence-corrected chi connectivity index (χ4v) is 3.03.